The van der Waals surface area contributed by atoms with Gasteiger partial charge in [-0.2, -0.15) is 0 Å². The number of esters is 1. The molecule has 4 heteroatoms. The molecular weight excluding hydrogens is 246 g/mol. The number of hydrogen-bond donors (Lipinski definition) is 1. The monoisotopic (exact) mass is 267 g/mol. The number of ether oxygens (including phenoxy) is 1. The highest BCUT2D eigenvalue weighted by molar-refractivity contribution is 7.99. The molecule has 0 fully saturated rings. The SMILES string of the molecule is CCOC(=O)CNCCc1ccc(SCC)cc1. The van der Waals surface area contributed by atoms with Crippen molar-refractivity contribution in [1.82, 2.24) is 5.32 Å². The maximum absolute atomic E-state index is 11.1. The van der Waals surface area contributed by atoms with Crippen LogP contribution >= 0.6 is 11.8 Å². The van der Waals surface area contributed by atoms with Gasteiger partial charge in [0, 0.05) is 4.90 Å². The van der Waals surface area contributed by atoms with Gasteiger partial charge >= 0.3 is 5.97 Å². The summed E-state index contributed by atoms with van der Waals surface area (Å²) in [6, 6.07) is 8.58. The number of carbonyl (C=O) groups is 1. The van der Waals surface area contributed by atoms with E-state index in [2.05, 4.69) is 36.5 Å². The van der Waals surface area contributed by atoms with E-state index < -0.39 is 0 Å². The van der Waals surface area contributed by atoms with Gasteiger partial charge < -0.3 is 10.1 Å². The van der Waals surface area contributed by atoms with Gasteiger partial charge in [-0.1, -0.05) is 19.1 Å². The van der Waals surface area contributed by atoms with Crippen LogP contribution in [-0.4, -0.2) is 31.4 Å². The largest absolute Gasteiger partial charge is 0.465 e. The lowest BCUT2D eigenvalue weighted by Crippen LogP contribution is -2.26. The van der Waals surface area contributed by atoms with E-state index in [1.807, 2.05) is 18.7 Å². The van der Waals surface area contributed by atoms with Crippen molar-refractivity contribution in [3.8, 4) is 0 Å². The summed E-state index contributed by atoms with van der Waals surface area (Å²) in [5.41, 5.74) is 1.28. The molecule has 18 heavy (non-hydrogen) atoms. The number of benzene rings is 1. The Morgan fingerprint density at radius 2 is 2.00 bits per heavy atom. The van der Waals surface area contributed by atoms with Crippen LogP contribution in [0.2, 0.25) is 0 Å². The summed E-state index contributed by atoms with van der Waals surface area (Å²) < 4.78 is 4.83. The molecule has 0 aliphatic rings. The van der Waals surface area contributed by atoms with Crippen LogP contribution in [0, 0.1) is 0 Å². The minimum Gasteiger partial charge on any atom is -0.465 e. The van der Waals surface area contributed by atoms with Crippen molar-refractivity contribution in [2.45, 2.75) is 25.2 Å². The molecule has 1 N–H and O–H groups in total. The summed E-state index contributed by atoms with van der Waals surface area (Å²) in [6.45, 7) is 5.49. The van der Waals surface area contributed by atoms with Gasteiger partial charge in [-0.3, -0.25) is 4.79 Å². The fraction of sp³-hybridized carbons (Fsp3) is 0.500. The molecule has 0 atom stereocenters. The van der Waals surface area contributed by atoms with Crippen molar-refractivity contribution in [2.24, 2.45) is 0 Å². The van der Waals surface area contributed by atoms with E-state index in [1.54, 1.807) is 0 Å². The number of nitrogens with one attached hydrogen (secondary N) is 1. The summed E-state index contributed by atoms with van der Waals surface area (Å²) in [4.78, 5) is 12.4. The zero-order valence-corrected chi connectivity index (χ0v) is 11.9. The first-order valence-electron chi connectivity index (χ1n) is 6.34. The highest BCUT2D eigenvalue weighted by atomic mass is 32.2. The molecule has 0 aromatic heterocycles. The third-order valence-electron chi connectivity index (χ3n) is 2.40. The van der Waals surface area contributed by atoms with Crippen LogP contribution in [0.1, 0.15) is 19.4 Å². The average Bonchev–Trinajstić information content (AvgIpc) is 2.37. The number of thioether (sulfide) groups is 1. The molecule has 0 saturated carbocycles. The van der Waals surface area contributed by atoms with Gasteiger partial charge in [0.05, 0.1) is 13.2 Å². The van der Waals surface area contributed by atoms with Gasteiger partial charge in [0.15, 0.2) is 0 Å². The molecule has 1 rings (SSSR count). The molecule has 0 aliphatic carbocycles. The third-order valence-corrected chi connectivity index (χ3v) is 3.29. The zero-order valence-electron chi connectivity index (χ0n) is 11.1. The molecule has 1 aromatic carbocycles. The van der Waals surface area contributed by atoms with Crippen molar-refractivity contribution in [3.05, 3.63) is 29.8 Å². The number of carbonyl (C=O) groups excluding carboxylic acids is 1. The van der Waals surface area contributed by atoms with Gasteiger partial charge in [0.2, 0.25) is 0 Å². The highest BCUT2D eigenvalue weighted by Crippen LogP contribution is 2.17. The minimum atomic E-state index is -0.188. The summed E-state index contributed by atoms with van der Waals surface area (Å²) in [5, 5.41) is 3.08. The quantitative estimate of drug-likeness (QED) is 0.446. The second-order valence-electron chi connectivity index (χ2n) is 3.81. The lowest BCUT2D eigenvalue weighted by molar-refractivity contribution is -0.141. The van der Waals surface area contributed by atoms with Crippen molar-refractivity contribution in [3.63, 3.8) is 0 Å². The van der Waals surface area contributed by atoms with E-state index in [1.165, 1.54) is 10.5 Å². The second kappa shape index (κ2) is 9.00. The fourth-order valence-corrected chi connectivity index (χ4v) is 2.22. The van der Waals surface area contributed by atoms with Gasteiger partial charge in [0.25, 0.3) is 0 Å². The molecule has 0 spiro atoms. The summed E-state index contributed by atoms with van der Waals surface area (Å²) >= 11 is 1.84. The molecule has 0 radical (unpaired) electrons. The molecule has 100 valence electrons. The van der Waals surface area contributed by atoms with Crippen molar-refractivity contribution in [1.29, 1.82) is 0 Å². The summed E-state index contributed by atoms with van der Waals surface area (Å²) in [6.07, 6.45) is 0.927. The molecule has 0 unspecified atom stereocenters. The van der Waals surface area contributed by atoms with E-state index in [-0.39, 0.29) is 12.5 Å². The Bertz CT molecular complexity index is 351. The minimum absolute atomic E-state index is 0.188. The second-order valence-corrected chi connectivity index (χ2v) is 5.15. The Morgan fingerprint density at radius 1 is 1.28 bits per heavy atom. The lowest BCUT2D eigenvalue weighted by atomic mass is 10.1. The Kier molecular flexibility index (Phi) is 7.53. The van der Waals surface area contributed by atoms with Crippen LogP contribution in [0.3, 0.4) is 0 Å². The lowest BCUT2D eigenvalue weighted by Gasteiger charge is -2.05. The van der Waals surface area contributed by atoms with E-state index in [0.29, 0.717) is 6.61 Å². The maximum Gasteiger partial charge on any atom is 0.319 e. The van der Waals surface area contributed by atoms with Crippen molar-refractivity contribution >= 4 is 17.7 Å². The van der Waals surface area contributed by atoms with Gasteiger partial charge in [-0.25, -0.2) is 0 Å². The molecule has 0 bridgehead atoms. The molecule has 3 nitrogen and oxygen atoms in total. The number of hydrogen-bond acceptors (Lipinski definition) is 4. The molecule has 0 amide bonds. The molecular formula is C14H21NO2S. The summed E-state index contributed by atoms with van der Waals surface area (Å²) in [5.74, 6) is 0.910. The fourth-order valence-electron chi connectivity index (χ4n) is 1.55. The first kappa shape index (κ1) is 15.1. The van der Waals surface area contributed by atoms with Crippen molar-refractivity contribution < 1.29 is 9.53 Å². The zero-order chi connectivity index (χ0) is 13.2. The standard InChI is InChI=1S/C14H21NO2S/c1-3-17-14(16)11-15-10-9-12-5-7-13(8-6-12)18-4-2/h5-8,15H,3-4,9-11H2,1-2H3. The van der Waals surface area contributed by atoms with Gasteiger partial charge in [-0.15, -0.1) is 11.8 Å². The Morgan fingerprint density at radius 3 is 2.61 bits per heavy atom. The predicted molar refractivity (Wildman–Crippen MR) is 76.0 cm³/mol. The van der Waals surface area contributed by atoms with Gasteiger partial charge in [0.1, 0.15) is 0 Å². The van der Waals surface area contributed by atoms with Crippen LogP contribution in [0.15, 0.2) is 29.2 Å². The Labute approximate surface area is 113 Å². The van der Waals surface area contributed by atoms with Crippen LogP contribution in [0.25, 0.3) is 0 Å². The van der Waals surface area contributed by atoms with E-state index >= 15 is 0 Å². The Balaban J connectivity index is 2.21. The van der Waals surface area contributed by atoms with Crippen LogP contribution in [0.4, 0.5) is 0 Å². The summed E-state index contributed by atoms with van der Waals surface area (Å²) in [7, 11) is 0. The van der Waals surface area contributed by atoms with Crippen LogP contribution in [-0.2, 0) is 16.0 Å². The predicted octanol–water partition coefficient (Wildman–Crippen LogP) is 2.49. The normalized spacial score (nSPS) is 10.3. The van der Waals surface area contributed by atoms with E-state index in [0.717, 1.165) is 18.7 Å². The highest BCUT2D eigenvalue weighted by Gasteiger charge is 2.00. The maximum atomic E-state index is 11.1. The topological polar surface area (TPSA) is 38.3 Å². The van der Waals surface area contributed by atoms with Crippen LogP contribution in [0.5, 0.6) is 0 Å². The molecule has 0 heterocycles. The third kappa shape index (κ3) is 6.07. The average molecular weight is 267 g/mol. The van der Waals surface area contributed by atoms with Gasteiger partial charge in [-0.05, 0) is 43.3 Å². The molecule has 0 aliphatic heterocycles. The van der Waals surface area contributed by atoms with E-state index in [9.17, 15) is 4.79 Å². The van der Waals surface area contributed by atoms with E-state index in [4.69, 9.17) is 4.74 Å². The smallest absolute Gasteiger partial charge is 0.319 e. The molecule has 1 aromatic rings. The molecule has 0 saturated heterocycles. The van der Waals surface area contributed by atoms with Crippen LogP contribution < -0.4 is 5.32 Å². The first-order valence-corrected chi connectivity index (χ1v) is 7.33. The number of rotatable bonds is 8. The Hall–Kier alpha value is -1.00. The van der Waals surface area contributed by atoms with Crippen molar-refractivity contribution in [2.75, 3.05) is 25.4 Å². The first-order chi connectivity index (χ1) is 8.76.